The van der Waals surface area contributed by atoms with Crippen LogP contribution in [-0.2, 0) is 22.2 Å². The van der Waals surface area contributed by atoms with Crippen LogP contribution >= 0.6 is 11.6 Å². The van der Waals surface area contributed by atoms with Crippen molar-refractivity contribution in [3.8, 4) is 0 Å². The lowest BCUT2D eigenvalue weighted by Crippen LogP contribution is -2.41. The molecule has 0 fully saturated rings. The summed E-state index contributed by atoms with van der Waals surface area (Å²) in [5, 5.41) is 10.9. The van der Waals surface area contributed by atoms with E-state index in [4.69, 9.17) is 11.6 Å². The maximum Gasteiger partial charge on any atom is 0.215 e. The Morgan fingerprint density at radius 1 is 1.08 bits per heavy atom. The molecule has 0 spiro atoms. The molecule has 6 heteroatoms. The topological polar surface area (TPSA) is 66.4 Å². The van der Waals surface area contributed by atoms with Crippen molar-refractivity contribution in [2.75, 3.05) is 6.54 Å². The molecule has 0 aliphatic carbocycles. The molecule has 0 heterocycles. The number of nitrogens with one attached hydrogen (secondary N) is 1. The summed E-state index contributed by atoms with van der Waals surface area (Å²) in [5.74, 6) is -0.164. The van der Waals surface area contributed by atoms with Gasteiger partial charge in [0, 0.05) is 11.6 Å². The predicted octanol–water partition coefficient (Wildman–Crippen LogP) is 3.14. The molecule has 2 N–H and O–H groups in total. The van der Waals surface area contributed by atoms with Gasteiger partial charge in [-0.25, -0.2) is 13.1 Å². The lowest BCUT2D eigenvalue weighted by atomic mass is 9.97. The van der Waals surface area contributed by atoms with E-state index in [1.807, 2.05) is 30.3 Å². The average Bonchev–Trinajstić information content (AvgIpc) is 2.52. The van der Waals surface area contributed by atoms with Crippen LogP contribution in [0.4, 0.5) is 0 Å². The molecule has 1 atom stereocenters. The van der Waals surface area contributed by atoms with Gasteiger partial charge >= 0.3 is 0 Å². The molecular weight excluding hydrogens is 346 g/mol. The van der Waals surface area contributed by atoms with Gasteiger partial charge in [0.2, 0.25) is 10.0 Å². The van der Waals surface area contributed by atoms with E-state index in [-0.39, 0.29) is 12.3 Å². The Hall–Kier alpha value is -1.40. The van der Waals surface area contributed by atoms with Crippen LogP contribution in [0.5, 0.6) is 0 Å². The summed E-state index contributed by atoms with van der Waals surface area (Å²) in [7, 11) is -3.54. The van der Waals surface area contributed by atoms with E-state index in [9.17, 15) is 13.5 Å². The van der Waals surface area contributed by atoms with Crippen LogP contribution in [0.3, 0.4) is 0 Å². The van der Waals surface area contributed by atoms with Crippen molar-refractivity contribution in [2.45, 2.75) is 31.1 Å². The Morgan fingerprint density at radius 2 is 1.75 bits per heavy atom. The maximum atomic E-state index is 12.2. The van der Waals surface area contributed by atoms with Crippen LogP contribution in [0, 0.1) is 0 Å². The Bertz CT molecular complexity index is 761. The normalized spacial score (nSPS) is 14.3. The molecule has 2 aromatic rings. The molecule has 24 heavy (non-hydrogen) atoms. The maximum absolute atomic E-state index is 12.2. The van der Waals surface area contributed by atoms with Gasteiger partial charge < -0.3 is 5.11 Å². The fourth-order valence-electron chi connectivity index (χ4n) is 2.31. The molecule has 2 aromatic carbocycles. The van der Waals surface area contributed by atoms with Gasteiger partial charge in [0.15, 0.2) is 0 Å². The van der Waals surface area contributed by atoms with Crippen LogP contribution in [-0.4, -0.2) is 25.7 Å². The Balaban J connectivity index is 1.87. The first-order chi connectivity index (χ1) is 11.3. The van der Waals surface area contributed by atoms with Crippen LogP contribution < -0.4 is 4.72 Å². The average molecular weight is 368 g/mol. The smallest absolute Gasteiger partial charge is 0.215 e. The highest BCUT2D eigenvalue weighted by molar-refractivity contribution is 7.88. The first-order valence-electron chi connectivity index (χ1n) is 7.74. The highest BCUT2D eigenvalue weighted by Gasteiger charge is 2.23. The van der Waals surface area contributed by atoms with E-state index in [1.165, 1.54) is 0 Å². The fraction of sp³-hybridized carbons (Fsp3) is 0.333. The monoisotopic (exact) mass is 367 g/mol. The molecule has 0 aliphatic rings. The molecule has 0 aliphatic heterocycles. The van der Waals surface area contributed by atoms with Gasteiger partial charge in [-0.15, -0.1) is 0 Å². The molecule has 2 rings (SSSR count). The van der Waals surface area contributed by atoms with Gasteiger partial charge in [-0.1, -0.05) is 54.1 Å². The van der Waals surface area contributed by atoms with Crippen molar-refractivity contribution in [1.82, 2.24) is 4.72 Å². The van der Waals surface area contributed by atoms with Crippen molar-refractivity contribution in [3.63, 3.8) is 0 Å². The zero-order valence-corrected chi connectivity index (χ0v) is 15.1. The Labute approximate surface area is 148 Å². The van der Waals surface area contributed by atoms with E-state index < -0.39 is 15.6 Å². The molecule has 0 saturated carbocycles. The third kappa shape index (κ3) is 6.61. The Morgan fingerprint density at radius 3 is 2.42 bits per heavy atom. The number of aryl methyl sites for hydroxylation is 1. The third-order valence-corrected chi connectivity index (χ3v) is 5.25. The standard InChI is InChI=1S/C18H22ClNO3S/c1-18(21,11-10-15-6-3-2-4-7-15)14-20-24(22,23)13-16-8-5-9-17(19)12-16/h2-9,12,20-21H,10-11,13-14H2,1H3. The number of rotatable bonds is 8. The first-order valence-corrected chi connectivity index (χ1v) is 9.77. The number of halogens is 1. The van der Waals surface area contributed by atoms with Crippen molar-refractivity contribution in [1.29, 1.82) is 0 Å². The van der Waals surface area contributed by atoms with Gasteiger partial charge in [0.1, 0.15) is 0 Å². The summed E-state index contributed by atoms with van der Waals surface area (Å²) < 4.78 is 26.8. The van der Waals surface area contributed by atoms with Crippen LogP contribution in [0.2, 0.25) is 5.02 Å². The number of aliphatic hydroxyl groups is 1. The quantitative estimate of drug-likeness (QED) is 0.753. The van der Waals surface area contributed by atoms with E-state index in [0.29, 0.717) is 23.4 Å². The molecule has 0 aromatic heterocycles. The molecule has 130 valence electrons. The van der Waals surface area contributed by atoms with Crippen molar-refractivity contribution >= 4 is 21.6 Å². The van der Waals surface area contributed by atoms with Crippen LogP contribution in [0.15, 0.2) is 54.6 Å². The van der Waals surface area contributed by atoms with E-state index >= 15 is 0 Å². The van der Waals surface area contributed by atoms with E-state index in [0.717, 1.165) is 5.56 Å². The lowest BCUT2D eigenvalue weighted by molar-refractivity contribution is 0.0565. The lowest BCUT2D eigenvalue weighted by Gasteiger charge is -2.23. The zero-order valence-electron chi connectivity index (χ0n) is 13.6. The molecule has 0 bridgehead atoms. The van der Waals surface area contributed by atoms with E-state index in [1.54, 1.807) is 31.2 Å². The summed E-state index contributed by atoms with van der Waals surface area (Å²) >= 11 is 5.87. The summed E-state index contributed by atoms with van der Waals surface area (Å²) in [6, 6.07) is 16.5. The number of benzene rings is 2. The van der Waals surface area contributed by atoms with Crippen molar-refractivity contribution < 1.29 is 13.5 Å². The summed E-state index contributed by atoms with van der Waals surface area (Å²) in [6.07, 6.45) is 1.15. The third-order valence-electron chi connectivity index (χ3n) is 3.71. The SMILES string of the molecule is CC(O)(CCc1ccccc1)CNS(=O)(=O)Cc1cccc(Cl)c1. The zero-order chi connectivity index (χ0) is 17.6. The van der Waals surface area contributed by atoms with Gasteiger partial charge in [0.25, 0.3) is 0 Å². The second-order valence-corrected chi connectivity index (χ2v) is 8.44. The van der Waals surface area contributed by atoms with Gasteiger partial charge in [0.05, 0.1) is 11.4 Å². The number of hydrogen-bond donors (Lipinski definition) is 2. The molecule has 0 saturated heterocycles. The van der Waals surface area contributed by atoms with Crippen LogP contribution in [0.1, 0.15) is 24.5 Å². The second kappa shape index (κ2) is 8.12. The predicted molar refractivity (Wildman–Crippen MR) is 97.5 cm³/mol. The molecule has 1 unspecified atom stereocenters. The minimum absolute atomic E-state index is 0.0251. The Kier molecular flexibility index (Phi) is 6.40. The van der Waals surface area contributed by atoms with Crippen LogP contribution in [0.25, 0.3) is 0 Å². The molecule has 0 radical (unpaired) electrons. The van der Waals surface area contributed by atoms with Gasteiger partial charge in [-0.3, -0.25) is 0 Å². The largest absolute Gasteiger partial charge is 0.389 e. The summed E-state index contributed by atoms with van der Waals surface area (Å²) in [6.45, 7) is 1.61. The van der Waals surface area contributed by atoms with E-state index in [2.05, 4.69) is 4.72 Å². The molecular formula is C18H22ClNO3S. The minimum Gasteiger partial charge on any atom is -0.389 e. The highest BCUT2D eigenvalue weighted by atomic mass is 35.5. The number of sulfonamides is 1. The van der Waals surface area contributed by atoms with Crippen molar-refractivity contribution in [3.05, 3.63) is 70.7 Å². The second-order valence-electron chi connectivity index (χ2n) is 6.19. The summed E-state index contributed by atoms with van der Waals surface area (Å²) in [4.78, 5) is 0. The molecule has 0 amide bonds. The van der Waals surface area contributed by atoms with Gasteiger partial charge in [-0.05, 0) is 43.0 Å². The summed E-state index contributed by atoms with van der Waals surface area (Å²) in [5.41, 5.74) is 0.607. The number of hydrogen-bond acceptors (Lipinski definition) is 3. The molecule has 4 nitrogen and oxygen atoms in total. The minimum atomic E-state index is -3.54. The van der Waals surface area contributed by atoms with Crippen molar-refractivity contribution in [2.24, 2.45) is 0 Å². The highest BCUT2D eigenvalue weighted by Crippen LogP contribution is 2.15. The van der Waals surface area contributed by atoms with Gasteiger partial charge in [-0.2, -0.15) is 0 Å². The first kappa shape index (κ1) is 18.9. The fourth-order valence-corrected chi connectivity index (χ4v) is 3.77.